The predicted molar refractivity (Wildman–Crippen MR) is 108 cm³/mol. The van der Waals surface area contributed by atoms with E-state index >= 15 is 0 Å². The molecule has 1 amide bonds. The van der Waals surface area contributed by atoms with Gasteiger partial charge < -0.3 is 9.84 Å². The first kappa shape index (κ1) is 20.6. The van der Waals surface area contributed by atoms with Gasteiger partial charge in [0.1, 0.15) is 11.2 Å². The lowest BCUT2D eigenvalue weighted by atomic mass is 10.0. The van der Waals surface area contributed by atoms with Crippen molar-refractivity contribution in [2.75, 3.05) is 0 Å². The zero-order valence-electron chi connectivity index (χ0n) is 16.9. The number of carbonyl (C=O) groups is 1. The standard InChI is InChI=1S/C20H28ClN5O2/c1-5-6-11-26-18(21)15(13(4)24-26)9-10-16(27)22-17(12(2)3)20-23-19(25-28-20)14-7-8-14/h9-10,12,14,17H,5-8,11H2,1-4H3,(H,22,27)/b10-9+. The number of nitrogens with zero attached hydrogens (tertiary/aromatic N) is 4. The number of unbranched alkanes of at least 4 members (excludes halogenated alkanes) is 1. The van der Waals surface area contributed by atoms with Crippen LogP contribution < -0.4 is 5.32 Å². The summed E-state index contributed by atoms with van der Waals surface area (Å²) in [7, 11) is 0. The SMILES string of the molecule is CCCCn1nc(C)c(/C=C/C(=O)NC(c2nc(C3CC3)no2)C(C)C)c1Cl. The van der Waals surface area contributed by atoms with E-state index in [9.17, 15) is 4.79 Å². The number of halogens is 1. The average molecular weight is 406 g/mol. The maximum Gasteiger partial charge on any atom is 0.249 e. The number of hydrogen-bond acceptors (Lipinski definition) is 5. The van der Waals surface area contributed by atoms with Gasteiger partial charge in [0.15, 0.2) is 5.82 Å². The van der Waals surface area contributed by atoms with E-state index in [-0.39, 0.29) is 17.9 Å². The molecule has 28 heavy (non-hydrogen) atoms. The summed E-state index contributed by atoms with van der Waals surface area (Å²) in [5.74, 6) is 1.50. The first-order chi connectivity index (χ1) is 13.4. The van der Waals surface area contributed by atoms with Gasteiger partial charge in [-0.25, -0.2) is 0 Å². The number of carbonyl (C=O) groups excluding carboxylic acids is 1. The van der Waals surface area contributed by atoms with Crippen molar-refractivity contribution in [2.24, 2.45) is 5.92 Å². The number of nitrogens with one attached hydrogen (secondary N) is 1. The topological polar surface area (TPSA) is 85.8 Å². The normalized spacial score (nSPS) is 15.5. The third-order valence-electron chi connectivity index (χ3n) is 4.86. The summed E-state index contributed by atoms with van der Waals surface area (Å²) in [4.78, 5) is 17.0. The van der Waals surface area contributed by atoms with E-state index in [0.29, 0.717) is 17.0 Å². The van der Waals surface area contributed by atoms with Crippen LogP contribution in [0.2, 0.25) is 5.15 Å². The van der Waals surface area contributed by atoms with Crippen molar-refractivity contribution in [3.63, 3.8) is 0 Å². The van der Waals surface area contributed by atoms with Crippen molar-refractivity contribution in [1.29, 1.82) is 0 Å². The van der Waals surface area contributed by atoms with E-state index in [4.69, 9.17) is 16.1 Å². The van der Waals surface area contributed by atoms with Crippen LogP contribution in [0.5, 0.6) is 0 Å². The lowest BCUT2D eigenvalue weighted by molar-refractivity contribution is -0.117. The van der Waals surface area contributed by atoms with Gasteiger partial charge in [-0.3, -0.25) is 9.48 Å². The van der Waals surface area contributed by atoms with Crippen molar-refractivity contribution < 1.29 is 9.32 Å². The Hall–Kier alpha value is -2.15. The summed E-state index contributed by atoms with van der Waals surface area (Å²) in [5, 5.41) is 12.0. The Morgan fingerprint density at radius 3 is 2.82 bits per heavy atom. The first-order valence-corrected chi connectivity index (χ1v) is 10.3. The zero-order valence-corrected chi connectivity index (χ0v) is 17.7. The van der Waals surface area contributed by atoms with Gasteiger partial charge in [-0.1, -0.05) is 43.9 Å². The number of aryl methyl sites for hydroxylation is 2. The third-order valence-corrected chi connectivity index (χ3v) is 5.26. The minimum Gasteiger partial charge on any atom is -0.340 e. The molecule has 0 saturated heterocycles. The molecular formula is C20H28ClN5O2. The van der Waals surface area contributed by atoms with Crippen molar-refractivity contribution >= 4 is 23.6 Å². The van der Waals surface area contributed by atoms with Gasteiger partial charge in [0.25, 0.3) is 0 Å². The summed E-state index contributed by atoms with van der Waals surface area (Å²) in [6, 6.07) is -0.332. The molecular weight excluding hydrogens is 378 g/mol. The van der Waals surface area contributed by atoms with Crippen LogP contribution in [0.4, 0.5) is 0 Å². The van der Waals surface area contributed by atoms with Gasteiger partial charge in [0, 0.05) is 24.1 Å². The third kappa shape index (κ3) is 4.82. The van der Waals surface area contributed by atoms with Crippen LogP contribution in [0.15, 0.2) is 10.6 Å². The van der Waals surface area contributed by atoms with Gasteiger partial charge in [-0.05, 0) is 38.2 Å². The fourth-order valence-corrected chi connectivity index (χ4v) is 3.29. The molecule has 1 N–H and O–H groups in total. The Kier molecular flexibility index (Phi) is 6.54. The smallest absolute Gasteiger partial charge is 0.249 e. The average Bonchev–Trinajstić information content (AvgIpc) is 3.33. The lowest BCUT2D eigenvalue weighted by Crippen LogP contribution is -2.30. The Morgan fingerprint density at radius 1 is 1.43 bits per heavy atom. The van der Waals surface area contributed by atoms with Crippen LogP contribution in [0, 0.1) is 12.8 Å². The number of aromatic nitrogens is 4. The highest BCUT2D eigenvalue weighted by molar-refractivity contribution is 6.31. The molecule has 1 aliphatic carbocycles. The molecule has 2 aromatic heterocycles. The molecule has 0 bridgehead atoms. The molecule has 0 aromatic carbocycles. The fraction of sp³-hybridized carbons (Fsp3) is 0.600. The minimum absolute atomic E-state index is 0.118. The highest BCUT2D eigenvalue weighted by Crippen LogP contribution is 2.38. The Morgan fingerprint density at radius 2 is 2.18 bits per heavy atom. The van der Waals surface area contributed by atoms with Gasteiger partial charge in [0.2, 0.25) is 11.8 Å². The molecule has 1 saturated carbocycles. The number of amides is 1. The second kappa shape index (κ2) is 8.90. The fourth-order valence-electron chi connectivity index (χ4n) is 2.97. The molecule has 3 rings (SSSR count). The maximum absolute atomic E-state index is 12.5. The van der Waals surface area contributed by atoms with Crippen molar-refractivity contribution in [3.05, 3.63) is 34.2 Å². The van der Waals surface area contributed by atoms with E-state index in [2.05, 4.69) is 27.5 Å². The minimum atomic E-state index is -0.332. The second-order valence-electron chi connectivity index (χ2n) is 7.70. The molecule has 1 fully saturated rings. The van der Waals surface area contributed by atoms with Crippen LogP contribution in [0.3, 0.4) is 0 Å². The second-order valence-corrected chi connectivity index (χ2v) is 8.05. The van der Waals surface area contributed by atoms with Gasteiger partial charge in [-0.2, -0.15) is 10.1 Å². The summed E-state index contributed by atoms with van der Waals surface area (Å²) in [6.07, 6.45) is 7.47. The molecule has 152 valence electrons. The van der Waals surface area contributed by atoms with Gasteiger partial charge >= 0.3 is 0 Å². The molecule has 0 spiro atoms. The molecule has 7 nitrogen and oxygen atoms in total. The highest BCUT2D eigenvalue weighted by atomic mass is 35.5. The highest BCUT2D eigenvalue weighted by Gasteiger charge is 2.31. The maximum atomic E-state index is 12.5. The Labute approximate surface area is 170 Å². The van der Waals surface area contributed by atoms with E-state index in [1.54, 1.807) is 10.8 Å². The van der Waals surface area contributed by atoms with Crippen molar-refractivity contribution in [3.8, 4) is 0 Å². The Balaban J connectivity index is 1.68. The summed E-state index contributed by atoms with van der Waals surface area (Å²) in [6.45, 7) is 8.80. The van der Waals surface area contributed by atoms with Crippen molar-refractivity contribution in [2.45, 2.75) is 71.9 Å². The van der Waals surface area contributed by atoms with Crippen LogP contribution >= 0.6 is 11.6 Å². The van der Waals surface area contributed by atoms with Crippen LogP contribution in [0.25, 0.3) is 6.08 Å². The van der Waals surface area contributed by atoms with Crippen LogP contribution in [0.1, 0.15) is 81.4 Å². The summed E-state index contributed by atoms with van der Waals surface area (Å²) >= 11 is 6.42. The van der Waals surface area contributed by atoms with Crippen LogP contribution in [-0.2, 0) is 11.3 Å². The first-order valence-electron chi connectivity index (χ1n) is 9.95. The van der Waals surface area contributed by atoms with Gasteiger partial charge in [-0.15, -0.1) is 0 Å². The van der Waals surface area contributed by atoms with Crippen LogP contribution in [-0.4, -0.2) is 25.8 Å². The summed E-state index contributed by atoms with van der Waals surface area (Å²) in [5.41, 5.74) is 1.57. The molecule has 0 aliphatic heterocycles. The quantitative estimate of drug-likeness (QED) is 0.623. The van der Waals surface area contributed by atoms with Crippen molar-refractivity contribution in [1.82, 2.24) is 25.2 Å². The van der Waals surface area contributed by atoms with E-state index < -0.39 is 0 Å². The molecule has 2 aromatic rings. The molecule has 1 atom stereocenters. The monoisotopic (exact) mass is 405 g/mol. The molecule has 8 heteroatoms. The largest absolute Gasteiger partial charge is 0.340 e. The van der Waals surface area contributed by atoms with E-state index in [1.807, 2.05) is 20.8 Å². The number of rotatable bonds is 9. The molecule has 1 aliphatic rings. The van der Waals surface area contributed by atoms with E-state index in [1.165, 1.54) is 6.08 Å². The lowest BCUT2D eigenvalue weighted by Gasteiger charge is -2.17. The summed E-state index contributed by atoms with van der Waals surface area (Å²) < 4.78 is 7.18. The predicted octanol–water partition coefficient (Wildman–Crippen LogP) is 4.43. The number of hydrogen-bond donors (Lipinski definition) is 1. The molecule has 2 heterocycles. The van der Waals surface area contributed by atoms with Gasteiger partial charge in [0.05, 0.1) is 5.69 Å². The Bertz CT molecular complexity index is 851. The molecule has 1 unspecified atom stereocenters. The zero-order chi connectivity index (χ0) is 20.3. The molecule has 0 radical (unpaired) electrons. The van der Waals surface area contributed by atoms with E-state index in [0.717, 1.165) is 49.3 Å².